The molecule has 0 aromatic rings. The Labute approximate surface area is 82.3 Å². The van der Waals surface area contributed by atoms with Crippen LogP contribution in [0.5, 0.6) is 0 Å². The average Bonchev–Trinajstić information content (AvgIpc) is 0.722. The van der Waals surface area contributed by atoms with Crippen LogP contribution in [0, 0.1) is 0 Å². The molecule has 0 saturated heterocycles. The van der Waals surface area contributed by atoms with E-state index in [9.17, 15) is 0 Å². The van der Waals surface area contributed by atoms with E-state index in [-0.39, 0.29) is 33.8 Å². The normalized spacial score (nSPS) is 6.67. The predicted octanol–water partition coefficient (Wildman–Crippen LogP) is -0.903. The molecule has 0 unspecified atom stereocenters. The number of hydrogen-bond acceptors (Lipinski definition) is 0. The molecule has 0 radical (unpaired) electrons. The molecule has 0 bridgehead atoms. The monoisotopic (exact) mass is 314 g/mol. The van der Waals surface area contributed by atoms with E-state index in [1.54, 1.807) is 0 Å². The van der Waals surface area contributed by atoms with Gasteiger partial charge in [-0.3, -0.25) is 0 Å². The van der Waals surface area contributed by atoms with Crippen molar-refractivity contribution >= 4 is 51.4 Å². The van der Waals surface area contributed by atoms with Crippen LogP contribution in [0.1, 0.15) is 0 Å². The topological polar surface area (TPSA) is 94.5 Å². The van der Waals surface area contributed by atoms with Crippen molar-refractivity contribution in [1.29, 1.82) is 0 Å². The summed E-state index contributed by atoms with van der Waals surface area (Å²) < 4.78 is 0. The molecule has 0 heterocycles. The zero-order valence-electron chi connectivity index (χ0n) is 3.51. The maximum atomic E-state index is 5.04. The minimum absolute atomic E-state index is 0. The summed E-state index contributed by atoms with van der Waals surface area (Å²) in [5.41, 5.74) is 0. The third kappa shape index (κ3) is 124. The van der Waals surface area contributed by atoms with Gasteiger partial charge in [-0.25, -0.2) is 0 Å². The van der Waals surface area contributed by atoms with Crippen LogP contribution < -0.4 is 0 Å². The quantitative estimate of drug-likeness (QED) is 0.518. The summed E-state index contributed by atoms with van der Waals surface area (Å²) in [5.74, 6) is 0. The van der Waals surface area contributed by atoms with E-state index in [2.05, 4.69) is 0 Å². The van der Waals surface area contributed by atoms with Gasteiger partial charge >= 0.3 is 49.5 Å². The molecule has 0 aliphatic carbocycles. The molecule has 3 nitrogen and oxygen atoms in total. The first-order chi connectivity index (χ1) is 2.00. The first-order valence-electron chi connectivity index (χ1n) is 0.756. The zero-order valence-corrected chi connectivity index (χ0v) is 8.99. The first kappa shape index (κ1) is 30.0. The van der Waals surface area contributed by atoms with Crippen LogP contribution in [0.2, 0.25) is 0 Å². The molecule has 0 saturated carbocycles. The van der Waals surface area contributed by atoms with E-state index in [1.165, 1.54) is 0 Å². The van der Waals surface area contributed by atoms with Crippen LogP contribution in [-0.2, 0) is 15.5 Å². The Morgan fingerprint density at radius 3 is 0.667 bits per heavy atom. The SMILES string of the molecule is O.O.O.[AlH3].[Cl][Zr]([Cl])([Cl])[Cl]. The van der Waals surface area contributed by atoms with Crippen molar-refractivity contribution in [3.8, 4) is 0 Å². The van der Waals surface area contributed by atoms with E-state index in [1.807, 2.05) is 0 Å². The third-order valence-corrected chi connectivity index (χ3v) is 0. The van der Waals surface area contributed by atoms with Gasteiger partial charge in [0.25, 0.3) is 0 Å². The molecule has 9 heavy (non-hydrogen) atoms. The molecule has 0 aliphatic rings. The van der Waals surface area contributed by atoms with Crippen molar-refractivity contribution in [2.24, 2.45) is 0 Å². The average molecular weight is 317 g/mol. The molecule has 62 valence electrons. The van der Waals surface area contributed by atoms with Gasteiger partial charge in [-0.15, -0.1) is 0 Å². The molecule has 6 N–H and O–H groups in total. The van der Waals surface area contributed by atoms with Crippen LogP contribution in [-0.4, -0.2) is 33.8 Å². The van der Waals surface area contributed by atoms with Gasteiger partial charge < -0.3 is 16.4 Å². The summed E-state index contributed by atoms with van der Waals surface area (Å²) in [6.45, 7) is 0. The van der Waals surface area contributed by atoms with Gasteiger partial charge in [-0.05, 0) is 0 Å². The summed E-state index contributed by atoms with van der Waals surface area (Å²) in [6.07, 6.45) is 0. The van der Waals surface area contributed by atoms with Crippen LogP contribution in [0.15, 0.2) is 0 Å². The second kappa shape index (κ2) is 13.1. The number of rotatable bonds is 0. The van der Waals surface area contributed by atoms with Gasteiger partial charge in [0.2, 0.25) is 0 Å². The summed E-state index contributed by atoms with van der Waals surface area (Å²) in [6, 6.07) is 0. The summed E-state index contributed by atoms with van der Waals surface area (Å²) in [4.78, 5) is 0. The van der Waals surface area contributed by atoms with Gasteiger partial charge in [0.15, 0.2) is 17.4 Å². The Bertz CT molecular complexity index is 31.3. The van der Waals surface area contributed by atoms with Gasteiger partial charge in [0, 0.05) is 0 Å². The Balaban J connectivity index is -0.0000000133. The molecule has 0 spiro atoms. The second-order valence-electron chi connectivity index (χ2n) is 0.429. The molecule has 0 aromatic carbocycles. The standard InChI is InChI=1S/Al.4ClH.3H2O.Zr.3H/h;4*1H;3*1H2;;;;/q;;;;;;;;+4;;;/p-4. The Kier molecular flexibility index (Phi) is 43.7. The van der Waals surface area contributed by atoms with E-state index >= 15 is 0 Å². The number of halogens is 4. The van der Waals surface area contributed by atoms with E-state index in [4.69, 9.17) is 34.1 Å². The summed E-state index contributed by atoms with van der Waals surface area (Å²) in [7, 11) is 20.1. The maximum absolute atomic E-state index is 5.04. The Hall–Kier alpha value is 2.46. The fourth-order valence-electron chi connectivity index (χ4n) is 0. The number of hydrogen-bond donors (Lipinski definition) is 0. The van der Waals surface area contributed by atoms with Crippen molar-refractivity contribution in [2.45, 2.75) is 0 Å². The molecule has 0 aliphatic heterocycles. The molecular formula is H9AlCl4O3Zr. The van der Waals surface area contributed by atoms with Crippen molar-refractivity contribution < 1.29 is 31.9 Å². The van der Waals surface area contributed by atoms with Gasteiger partial charge in [0.05, 0.1) is 0 Å². The van der Waals surface area contributed by atoms with Gasteiger partial charge in [0.1, 0.15) is 0 Å². The first-order valence-corrected chi connectivity index (χ1v) is 13.4. The van der Waals surface area contributed by atoms with Crippen LogP contribution >= 0.6 is 34.1 Å². The van der Waals surface area contributed by atoms with Crippen molar-refractivity contribution in [3.63, 3.8) is 0 Å². The molecule has 9 heteroatoms. The molecule has 0 rings (SSSR count). The fraction of sp³-hybridized carbons (Fsp3) is 0. The predicted molar refractivity (Wildman–Crippen MR) is 44.2 cm³/mol. The minimum atomic E-state index is -3.29. The second-order valence-corrected chi connectivity index (χ2v) is 22.8. The van der Waals surface area contributed by atoms with Crippen molar-refractivity contribution in [3.05, 3.63) is 0 Å². The summed E-state index contributed by atoms with van der Waals surface area (Å²) >= 11 is -3.29. The van der Waals surface area contributed by atoms with Crippen LogP contribution in [0.25, 0.3) is 0 Å². The Morgan fingerprint density at radius 2 is 0.667 bits per heavy atom. The molecule has 0 amide bonds. The van der Waals surface area contributed by atoms with Crippen molar-refractivity contribution in [1.82, 2.24) is 0 Å². The third-order valence-electron chi connectivity index (χ3n) is 0. The van der Waals surface area contributed by atoms with E-state index in [0.717, 1.165) is 0 Å². The van der Waals surface area contributed by atoms with E-state index < -0.39 is 15.5 Å². The summed E-state index contributed by atoms with van der Waals surface area (Å²) in [5, 5.41) is 0. The van der Waals surface area contributed by atoms with Crippen molar-refractivity contribution in [2.75, 3.05) is 0 Å². The molecule has 0 atom stereocenters. The van der Waals surface area contributed by atoms with Gasteiger partial charge in [-0.1, -0.05) is 0 Å². The van der Waals surface area contributed by atoms with Crippen LogP contribution in [0.4, 0.5) is 0 Å². The Morgan fingerprint density at radius 1 is 0.667 bits per heavy atom. The molecule has 0 fully saturated rings. The van der Waals surface area contributed by atoms with Gasteiger partial charge in [-0.2, -0.15) is 0 Å². The molecule has 0 aromatic heterocycles. The van der Waals surface area contributed by atoms with E-state index in [0.29, 0.717) is 0 Å². The zero-order chi connectivity index (χ0) is 4.50. The fourth-order valence-corrected chi connectivity index (χ4v) is 0. The van der Waals surface area contributed by atoms with Crippen LogP contribution in [0.3, 0.4) is 0 Å². The molecular weight excluding hydrogens is 308 g/mol.